The molecular weight excluding hydrogens is 298 g/mol. The molecule has 0 aliphatic rings. The summed E-state index contributed by atoms with van der Waals surface area (Å²) < 4.78 is 0. The van der Waals surface area contributed by atoms with Gasteiger partial charge in [0, 0.05) is 11.1 Å². The van der Waals surface area contributed by atoms with E-state index in [-0.39, 0.29) is 12.5 Å². The van der Waals surface area contributed by atoms with Crippen LogP contribution in [0.25, 0.3) is 0 Å². The number of aliphatic hydroxyl groups is 1. The lowest BCUT2D eigenvalue weighted by atomic mass is 10.1. The Morgan fingerprint density at radius 2 is 2.30 bits per heavy atom. The number of halogens is 1. The number of hydrogen-bond acceptors (Lipinski definition) is 5. The fourth-order valence-corrected chi connectivity index (χ4v) is 2.22. The number of nitrogens with zero attached hydrogens (tertiary/aromatic N) is 2. The van der Waals surface area contributed by atoms with Crippen LogP contribution in [-0.2, 0) is 0 Å². The van der Waals surface area contributed by atoms with Gasteiger partial charge < -0.3 is 5.11 Å². The zero-order valence-electron chi connectivity index (χ0n) is 10.5. The molecule has 1 aromatic carbocycles. The Morgan fingerprint density at radius 1 is 1.50 bits per heavy atom. The smallest absolute Gasteiger partial charge is 0.257 e. The zero-order chi connectivity index (χ0) is 14.5. The summed E-state index contributed by atoms with van der Waals surface area (Å²) in [5, 5.41) is 20.5. The van der Waals surface area contributed by atoms with Gasteiger partial charge in [-0.1, -0.05) is 34.8 Å². The highest BCUT2D eigenvalue weighted by Crippen LogP contribution is 2.19. The Labute approximate surface area is 124 Å². The Hall–Kier alpha value is -1.94. The van der Waals surface area contributed by atoms with Crippen LogP contribution >= 0.6 is 22.9 Å². The van der Waals surface area contributed by atoms with E-state index < -0.39 is 0 Å². The number of nitrogens with one attached hydrogen (secondary N) is 1. The van der Waals surface area contributed by atoms with Crippen LogP contribution < -0.4 is 5.32 Å². The van der Waals surface area contributed by atoms with E-state index in [9.17, 15) is 4.79 Å². The first-order chi connectivity index (χ1) is 9.60. The maximum absolute atomic E-state index is 12.0. The lowest BCUT2D eigenvalue weighted by Crippen LogP contribution is -2.11. The number of aliphatic hydroxyl groups excluding tert-OH is 1. The summed E-state index contributed by atoms with van der Waals surface area (Å²) in [5.41, 5.74) is 0.960. The largest absolute Gasteiger partial charge is 0.384 e. The van der Waals surface area contributed by atoms with Crippen LogP contribution in [0.4, 0.5) is 5.13 Å². The summed E-state index contributed by atoms with van der Waals surface area (Å²) in [6.07, 6.45) is 0. The van der Waals surface area contributed by atoms with Gasteiger partial charge in [0.25, 0.3) is 5.91 Å². The van der Waals surface area contributed by atoms with Gasteiger partial charge >= 0.3 is 0 Å². The summed E-state index contributed by atoms with van der Waals surface area (Å²) in [4.78, 5) is 12.0. The molecule has 0 saturated heterocycles. The Balaban J connectivity index is 2.16. The summed E-state index contributed by atoms with van der Waals surface area (Å²) in [5.74, 6) is 4.88. The van der Waals surface area contributed by atoms with Crippen LogP contribution in [0.1, 0.15) is 20.9 Å². The second-order valence-corrected chi connectivity index (χ2v) is 5.32. The summed E-state index contributed by atoms with van der Waals surface area (Å²) in [6.45, 7) is 1.56. The van der Waals surface area contributed by atoms with Crippen molar-refractivity contribution in [3.63, 3.8) is 0 Å². The molecule has 1 heterocycles. The van der Waals surface area contributed by atoms with Crippen molar-refractivity contribution in [2.24, 2.45) is 0 Å². The molecule has 1 amide bonds. The van der Waals surface area contributed by atoms with Gasteiger partial charge in [-0.3, -0.25) is 10.1 Å². The number of anilines is 1. The molecule has 0 radical (unpaired) electrons. The molecule has 0 fully saturated rings. The molecule has 0 bridgehead atoms. The van der Waals surface area contributed by atoms with Gasteiger partial charge in [0.1, 0.15) is 11.6 Å². The van der Waals surface area contributed by atoms with Crippen molar-refractivity contribution in [3.05, 3.63) is 39.4 Å². The molecule has 0 unspecified atom stereocenters. The van der Waals surface area contributed by atoms with Gasteiger partial charge in [-0.25, -0.2) is 0 Å². The average Bonchev–Trinajstić information content (AvgIpc) is 2.82. The Kier molecular flexibility index (Phi) is 4.69. The van der Waals surface area contributed by atoms with Crippen LogP contribution in [-0.4, -0.2) is 27.8 Å². The highest BCUT2D eigenvalue weighted by atomic mass is 35.5. The van der Waals surface area contributed by atoms with Crippen LogP contribution in [0.15, 0.2) is 18.2 Å². The molecule has 0 aliphatic heterocycles. The first kappa shape index (κ1) is 14.5. The first-order valence-electron chi connectivity index (χ1n) is 5.61. The standard InChI is InChI=1S/C13H10ClN3O2S/c1-8-16-17-13(20-8)15-12(19)10-5-4-9(3-2-6-18)11(14)7-10/h4-5,7,18H,6H2,1H3,(H,15,17,19). The number of aromatic nitrogens is 2. The van der Waals surface area contributed by atoms with Crippen molar-refractivity contribution < 1.29 is 9.90 Å². The third kappa shape index (κ3) is 3.54. The fourth-order valence-electron chi connectivity index (χ4n) is 1.41. The molecule has 102 valence electrons. The minimum Gasteiger partial charge on any atom is -0.384 e. The fraction of sp³-hybridized carbons (Fsp3) is 0.154. The number of hydrogen-bond donors (Lipinski definition) is 2. The lowest BCUT2D eigenvalue weighted by Gasteiger charge is -2.03. The van der Waals surface area contributed by atoms with E-state index in [1.165, 1.54) is 17.4 Å². The van der Waals surface area contributed by atoms with Crippen molar-refractivity contribution in [2.45, 2.75) is 6.92 Å². The van der Waals surface area contributed by atoms with Gasteiger partial charge in [0.15, 0.2) is 0 Å². The van der Waals surface area contributed by atoms with Crippen molar-refractivity contribution in [1.82, 2.24) is 10.2 Å². The molecule has 0 saturated carbocycles. The molecule has 1 aromatic heterocycles. The van der Waals surface area contributed by atoms with Gasteiger partial charge in [-0.15, -0.1) is 10.2 Å². The molecule has 2 aromatic rings. The highest BCUT2D eigenvalue weighted by Gasteiger charge is 2.10. The number of aryl methyl sites for hydroxylation is 1. The maximum Gasteiger partial charge on any atom is 0.257 e. The molecule has 2 N–H and O–H groups in total. The lowest BCUT2D eigenvalue weighted by molar-refractivity contribution is 0.102. The van der Waals surface area contributed by atoms with E-state index in [0.29, 0.717) is 21.3 Å². The van der Waals surface area contributed by atoms with Crippen molar-refractivity contribution >= 4 is 34.0 Å². The predicted molar refractivity (Wildman–Crippen MR) is 78.0 cm³/mol. The Bertz CT molecular complexity index is 703. The topological polar surface area (TPSA) is 75.1 Å². The maximum atomic E-state index is 12.0. The number of rotatable bonds is 2. The van der Waals surface area contributed by atoms with E-state index in [2.05, 4.69) is 27.4 Å². The summed E-state index contributed by atoms with van der Waals surface area (Å²) >= 11 is 7.32. The van der Waals surface area contributed by atoms with Crippen LogP contribution in [0.5, 0.6) is 0 Å². The van der Waals surface area contributed by atoms with Gasteiger partial charge in [0.05, 0.1) is 5.02 Å². The van der Waals surface area contributed by atoms with Gasteiger partial charge in [-0.05, 0) is 25.1 Å². The molecular formula is C13H10ClN3O2S. The van der Waals surface area contributed by atoms with E-state index in [0.717, 1.165) is 5.01 Å². The molecule has 7 heteroatoms. The van der Waals surface area contributed by atoms with Crippen LogP contribution in [0.3, 0.4) is 0 Å². The third-order valence-corrected chi connectivity index (χ3v) is 3.35. The molecule has 0 spiro atoms. The SMILES string of the molecule is Cc1nnc(NC(=O)c2ccc(C#CCO)c(Cl)c2)s1. The minimum atomic E-state index is -0.315. The minimum absolute atomic E-state index is 0.241. The average molecular weight is 308 g/mol. The monoisotopic (exact) mass is 307 g/mol. The van der Waals surface area contributed by atoms with Crippen molar-refractivity contribution in [2.75, 3.05) is 11.9 Å². The highest BCUT2D eigenvalue weighted by molar-refractivity contribution is 7.15. The normalized spacial score (nSPS) is 9.75. The van der Waals surface area contributed by atoms with Gasteiger partial charge in [-0.2, -0.15) is 0 Å². The van der Waals surface area contributed by atoms with Crippen molar-refractivity contribution in [3.8, 4) is 11.8 Å². The van der Waals surface area contributed by atoms with Gasteiger partial charge in [0.2, 0.25) is 5.13 Å². The molecule has 5 nitrogen and oxygen atoms in total. The third-order valence-electron chi connectivity index (χ3n) is 2.28. The second-order valence-electron chi connectivity index (χ2n) is 3.73. The number of amides is 1. The second kappa shape index (κ2) is 6.48. The summed E-state index contributed by atoms with van der Waals surface area (Å²) in [6, 6.07) is 4.76. The number of carbonyl (C=O) groups excluding carboxylic acids is 1. The first-order valence-corrected chi connectivity index (χ1v) is 6.80. The quantitative estimate of drug-likeness (QED) is 0.833. The number of benzene rings is 1. The molecule has 20 heavy (non-hydrogen) atoms. The van der Waals surface area contributed by atoms with Crippen molar-refractivity contribution in [1.29, 1.82) is 0 Å². The van der Waals surface area contributed by atoms with E-state index in [1.54, 1.807) is 19.1 Å². The molecule has 0 aliphatic carbocycles. The molecule has 2 rings (SSSR count). The van der Waals surface area contributed by atoms with Crippen LogP contribution in [0, 0.1) is 18.8 Å². The van der Waals surface area contributed by atoms with E-state index >= 15 is 0 Å². The molecule has 0 atom stereocenters. The Morgan fingerprint density at radius 3 is 2.90 bits per heavy atom. The van der Waals surface area contributed by atoms with E-state index in [1.807, 2.05) is 0 Å². The number of carbonyl (C=O) groups is 1. The van der Waals surface area contributed by atoms with Crippen LogP contribution in [0.2, 0.25) is 5.02 Å². The summed E-state index contributed by atoms with van der Waals surface area (Å²) in [7, 11) is 0. The predicted octanol–water partition coefficient (Wildman–Crippen LogP) is 2.10. The van der Waals surface area contributed by atoms with E-state index in [4.69, 9.17) is 16.7 Å². The zero-order valence-corrected chi connectivity index (χ0v) is 12.0.